The van der Waals surface area contributed by atoms with Gasteiger partial charge in [0.25, 0.3) is 0 Å². The van der Waals surface area contributed by atoms with Crippen LogP contribution in [0.4, 0.5) is 0 Å². The molecule has 130 valence electrons. The van der Waals surface area contributed by atoms with Crippen LogP contribution in [-0.2, 0) is 8.85 Å². The van der Waals surface area contributed by atoms with E-state index in [0.29, 0.717) is 16.5 Å². The van der Waals surface area contributed by atoms with E-state index in [0.717, 1.165) is 19.1 Å². The van der Waals surface area contributed by atoms with Crippen molar-refractivity contribution in [2.45, 2.75) is 97.1 Å². The van der Waals surface area contributed by atoms with E-state index in [-0.39, 0.29) is 0 Å². The second kappa shape index (κ2) is 7.81. The fourth-order valence-electron chi connectivity index (χ4n) is 5.25. The van der Waals surface area contributed by atoms with Crippen molar-refractivity contribution in [1.29, 1.82) is 0 Å². The van der Waals surface area contributed by atoms with Gasteiger partial charge in [-0.3, -0.25) is 0 Å². The molecule has 3 heteroatoms. The van der Waals surface area contributed by atoms with Crippen LogP contribution in [0.2, 0.25) is 11.1 Å². The number of hydrogen-bond acceptors (Lipinski definition) is 2. The van der Waals surface area contributed by atoms with Gasteiger partial charge in [0.2, 0.25) is 0 Å². The lowest BCUT2D eigenvalue weighted by Crippen LogP contribution is -2.56. The maximum atomic E-state index is 6.65. The molecular weight excluding hydrogens is 288 g/mol. The van der Waals surface area contributed by atoms with E-state index in [2.05, 4.69) is 34.6 Å². The Morgan fingerprint density at radius 1 is 0.955 bits per heavy atom. The van der Waals surface area contributed by atoms with Gasteiger partial charge < -0.3 is 8.85 Å². The second-order valence-electron chi connectivity index (χ2n) is 8.34. The first-order chi connectivity index (χ1) is 10.5. The van der Waals surface area contributed by atoms with Crippen LogP contribution < -0.4 is 0 Å². The molecule has 0 aromatic heterocycles. The molecule has 0 heterocycles. The smallest absolute Gasteiger partial charge is 0.345 e. The average Bonchev–Trinajstić information content (AvgIpc) is 2.46. The van der Waals surface area contributed by atoms with Crippen LogP contribution in [0, 0.1) is 11.3 Å². The molecule has 22 heavy (non-hydrogen) atoms. The van der Waals surface area contributed by atoms with Gasteiger partial charge in [-0.1, -0.05) is 46.5 Å². The van der Waals surface area contributed by atoms with Gasteiger partial charge >= 0.3 is 8.56 Å². The summed E-state index contributed by atoms with van der Waals surface area (Å²) >= 11 is 0. The highest BCUT2D eigenvalue weighted by Crippen LogP contribution is 2.56. The summed E-state index contributed by atoms with van der Waals surface area (Å²) in [6.45, 7) is 13.4. The SMILES string of the molecule is CCO[Si](OCC)(C1CCCC(C)C1)C1CCCCC1(C)C. The molecule has 2 aliphatic rings. The Morgan fingerprint density at radius 2 is 1.64 bits per heavy atom. The van der Waals surface area contributed by atoms with Crippen LogP contribution in [0.3, 0.4) is 0 Å². The minimum atomic E-state index is -2.17. The molecule has 0 aliphatic heterocycles. The Hall–Kier alpha value is 0.137. The predicted octanol–water partition coefficient (Wildman–Crippen LogP) is 6.05. The van der Waals surface area contributed by atoms with Gasteiger partial charge in [0, 0.05) is 24.3 Å². The Bertz CT molecular complexity index is 336. The molecule has 0 radical (unpaired) electrons. The predicted molar refractivity (Wildman–Crippen MR) is 96.4 cm³/mol. The molecule has 0 amide bonds. The van der Waals surface area contributed by atoms with E-state index < -0.39 is 8.56 Å². The van der Waals surface area contributed by atoms with Crippen LogP contribution >= 0.6 is 0 Å². The van der Waals surface area contributed by atoms with Gasteiger partial charge in [-0.2, -0.15) is 0 Å². The molecule has 2 saturated carbocycles. The van der Waals surface area contributed by atoms with E-state index in [1.54, 1.807) is 0 Å². The maximum Gasteiger partial charge on any atom is 0.345 e. The van der Waals surface area contributed by atoms with Crippen molar-refractivity contribution in [2.75, 3.05) is 13.2 Å². The van der Waals surface area contributed by atoms with Crippen molar-refractivity contribution in [3.63, 3.8) is 0 Å². The molecule has 0 spiro atoms. The fourth-order valence-corrected chi connectivity index (χ4v) is 10.9. The molecule has 2 nitrogen and oxygen atoms in total. The molecule has 0 aromatic carbocycles. The first-order valence-corrected chi connectivity index (χ1v) is 11.7. The first-order valence-electron chi connectivity index (χ1n) is 9.74. The van der Waals surface area contributed by atoms with Gasteiger partial charge in [-0.15, -0.1) is 0 Å². The summed E-state index contributed by atoms with van der Waals surface area (Å²) in [5, 5.41) is 0. The van der Waals surface area contributed by atoms with Gasteiger partial charge in [0.15, 0.2) is 0 Å². The van der Waals surface area contributed by atoms with Gasteiger partial charge in [-0.25, -0.2) is 0 Å². The summed E-state index contributed by atoms with van der Waals surface area (Å²) in [5.41, 5.74) is 1.76. The Labute approximate surface area is 139 Å². The second-order valence-corrected chi connectivity index (χ2v) is 11.9. The van der Waals surface area contributed by atoms with E-state index in [1.165, 1.54) is 51.4 Å². The molecular formula is C19H38O2Si. The highest BCUT2D eigenvalue weighted by Gasteiger charge is 2.57. The molecule has 0 bridgehead atoms. The van der Waals surface area contributed by atoms with Crippen molar-refractivity contribution in [3.05, 3.63) is 0 Å². The molecule has 3 unspecified atom stereocenters. The minimum Gasteiger partial charge on any atom is -0.394 e. The Morgan fingerprint density at radius 3 is 2.18 bits per heavy atom. The summed E-state index contributed by atoms with van der Waals surface area (Å²) in [6, 6.07) is 0. The molecule has 3 atom stereocenters. The normalized spacial score (nSPS) is 32.9. The zero-order valence-electron chi connectivity index (χ0n) is 15.6. The lowest BCUT2D eigenvalue weighted by atomic mass is 9.77. The third-order valence-corrected chi connectivity index (χ3v) is 11.4. The summed E-state index contributed by atoms with van der Waals surface area (Å²) in [6.07, 6.45) is 10.8. The molecule has 0 aromatic rings. The largest absolute Gasteiger partial charge is 0.394 e. The van der Waals surface area contributed by atoms with Crippen LogP contribution in [0.1, 0.15) is 86.0 Å². The van der Waals surface area contributed by atoms with Gasteiger partial charge in [-0.05, 0) is 50.9 Å². The summed E-state index contributed by atoms with van der Waals surface area (Å²) in [4.78, 5) is 0. The zero-order valence-corrected chi connectivity index (χ0v) is 16.6. The summed E-state index contributed by atoms with van der Waals surface area (Å²) < 4.78 is 13.3. The molecule has 0 saturated heterocycles. The molecule has 2 aliphatic carbocycles. The van der Waals surface area contributed by atoms with E-state index >= 15 is 0 Å². The monoisotopic (exact) mass is 326 g/mol. The van der Waals surface area contributed by atoms with Crippen LogP contribution in [0.25, 0.3) is 0 Å². The van der Waals surface area contributed by atoms with Crippen LogP contribution in [0.15, 0.2) is 0 Å². The van der Waals surface area contributed by atoms with E-state index in [4.69, 9.17) is 8.85 Å². The molecule has 2 fully saturated rings. The number of rotatable bonds is 6. The van der Waals surface area contributed by atoms with Crippen LogP contribution in [0.5, 0.6) is 0 Å². The van der Waals surface area contributed by atoms with Crippen molar-refractivity contribution in [2.24, 2.45) is 11.3 Å². The van der Waals surface area contributed by atoms with E-state index in [9.17, 15) is 0 Å². The lowest BCUT2D eigenvalue weighted by molar-refractivity contribution is 0.108. The maximum absolute atomic E-state index is 6.65. The minimum absolute atomic E-state index is 0.384. The van der Waals surface area contributed by atoms with Crippen molar-refractivity contribution in [1.82, 2.24) is 0 Å². The highest BCUT2D eigenvalue weighted by atomic mass is 28.4. The first kappa shape index (κ1) is 18.5. The third kappa shape index (κ3) is 3.79. The van der Waals surface area contributed by atoms with Gasteiger partial charge in [0.1, 0.15) is 0 Å². The highest BCUT2D eigenvalue weighted by molar-refractivity contribution is 6.70. The quantitative estimate of drug-likeness (QED) is 0.553. The summed E-state index contributed by atoms with van der Waals surface area (Å²) in [5.74, 6) is 0.846. The topological polar surface area (TPSA) is 18.5 Å². The molecule has 2 rings (SSSR count). The van der Waals surface area contributed by atoms with Crippen molar-refractivity contribution < 1.29 is 8.85 Å². The van der Waals surface area contributed by atoms with Gasteiger partial charge in [0.05, 0.1) is 0 Å². The Kier molecular flexibility index (Phi) is 6.55. The average molecular weight is 327 g/mol. The fraction of sp³-hybridized carbons (Fsp3) is 1.00. The molecule has 0 N–H and O–H groups in total. The van der Waals surface area contributed by atoms with Crippen molar-refractivity contribution >= 4 is 8.56 Å². The standard InChI is InChI=1S/C19H38O2Si/c1-6-20-22(21-7-2,17-12-10-11-16(3)15-17)18-13-8-9-14-19(18,4)5/h16-18H,6-15H2,1-5H3. The summed E-state index contributed by atoms with van der Waals surface area (Å²) in [7, 11) is -2.17. The van der Waals surface area contributed by atoms with Crippen LogP contribution in [-0.4, -0.2) is 21.8 Å². The lowest BCUT2D eigenvalue weighted by Gasteiger charge is -2.52. The third-order valence-electron chi connectivity index (χ3n) is 6.24. The Balaban J connectivity index is 2.34. The van der Waals surface area contributed by atoms with E-state index in [1.807, 2.05) is 0 Å². The zero-order chi connectivity index (χ0) is 16.2. The van der Waals surface area contributed by atoms with Crippen molar-refractivity contribution in [3.8, 4) is 0 Å². The number of hydrogen-bond donors (Lipinski definition) is 0.